The second-order valence-corrected chi connectivity index (χ2v) is 5.77. The van der Waals surface area contributed by atoms with Crippen LogP contribution in [0.4, 0.5) is 11.4 Å². The number of nitrogens with zero attached hydrogens (tertiary/aromatic N) is 4. The summed E-state index contributed by atoms with van der Waals surface area (Å²) in [5, 5.41) is 11.7. The Kier molecular flexibility index (Phi) is 3.96. The van der Waals surface area contributed by atoms with Gasteiger partial charge in [-0.1, -0.05) is 18.0 Å². The zero-order valence-electron chi connectivity index (χ0n) is 11.9. The third-order valence-corrected chi connectivity index (χ3v) is 4.17. The van der Waals surface area contributed by atoms with Crippen molar-refractivity contribution in [3.63, 3.8) is 0 Å². The second-order valence-electron chi connectivity index (χ2n) is 5.36. The molecule has 2 aromatic rings. The lowest BCUT2D eigenvalue weighted by atomic mass is 9.85. The van der Waals surface area contributed by atoms with Crippen LogP contribution in [0.3, 0.4) is 0 Å². The van der Waals surface area contributed by atoms with Gasteiger partial charge in [0.1, 0.15) is 5.69 Å². The highest BCUT2D eigenvalue weighted by Gasteiger charge is 2.20. The fourth-order valence-electron chi connectivity index (χ4n) is 2.38. The van der Waals surface area contributed by atoms with Gasteiger partial charge in [-0.25, -0.2) is 4.68 Å². The molecule has 6 nitrogen and oxygen atoms in total. The Balaban J connectivity index is 1.85. The summed E-state index contributed by atoms with van der Waals surface area (Å²) in [6.45, 7) is 3.44. The normalized spacial score (nSPS) is 15.0. The summed E-state index contributed by atoms with van der Waals surface area (Å²) in [6, 6.07) is 0. The molecule has 2 heterocycles. The van der Waals surface area contributed by atoms with Crippen LogP contribution in [0.5, 0.6) is 0 Å². The number of hydrogen-bond donors (Lipinski definition) is 1. The molecule has 0 aromatic carbocycles. The standard InChI is InChI=1S/C14H18ClN5O/c1-2-19-9-11(6-16-19)18-13-12(15)7-17-20(14(13)21)8-10-4-3-5-10/h6-7,9-10,18H,2-5,8H2,1H3. The van der Waals surface area contributed by atoms with E-state index in [2.05, 4.69) is 15.5 Å². The van der Waals surface area contributed by atoms with Crippen molar-refractivity contribution in [2.45, 2.75) is 39.3 Å². The van der Waals surface area contributed by atoms with Crippen molar-refractivity contribution in [1.29, 1.82) is 0 Å². The molecule has 1 fully saturated rings. The Morgan fingerprint density at radius 1 is 1.38 bits per heavy atom. The summed E-state index contributed by atoms with van der Waals surface area (Å²) in [5.41, 5.74) is 0.928. The first-order chi connectivity index (χ1) is 10.2. The molecule has 2 aromatic heterocycles. The molecule has 1 aliphatic carbocycles. The molecule has 0 amide bonds. The molecule has 1 saturated carbocycles. The van der Waals surface area contributed by atoms with Crippen molar-refractivity contribution in [1.82, 2.24) is 19.6 Å². The summed E-state index contributed by atoms with van der Waals surface area (Å²) in [7, 11) is 0. The van der Waals surface area contributed by atoms with Crippen LogP contribution in [0.2, 0.25) is 5.02 Å². The van der Waals surface area contributed by atoms with E-state index in [1.807, 2.05) is 13.1 Å². The number of nitrogens with one attached hydrogen (secondary N) is 1. The fourth-order valence-corrected chi connectivity index (χ4v) is 2.55. The number of aryl methyl sites for hydroxylation is 1. The highest BCUT2D eigenvalue weighted by Crippen LogP contribution is 2.27. The zero-order valence-corrected chi connectivity index (χ0v) is 12.7. The first kappa shape index (κ1) is 14.1. The molecule has 0 radical (unpaired) electrons. The van der Waals surface area contributed by atoms with Gasteiger partial charge in [0.25, 0.3) is 5.56 Å². The third-order valence-electron chi connectivity index (χ3n) is 3.88. The van der Waals surface area contributed by atoms with E-state index in [1.54, 1.807) is 10.9 Å². The average Bonchev–Trinajstić information content (AvgIpc) is 2.88. The highest BCUT2D eigenvalue weighted by atomic mass is 35.5. The van der Waals surface area contributed by atoms with Crippen LogP contribution in [-0.4, -0.2) is 19.6 Å². The van der Waals surface area contributed by atoms with Gasteiger partial charge in [0.2, 0.25) is 0 Å². The molecular weight excluding hydrogens is 290 g/mol. The molecule has 0 atom stereocenters. The van der Waals surface area contributed by atoms with Crippen LogP contribution < -0.4 is 10.9 Å². The minimum atomic E-state index is -0.182. The van der Waals surface area contributed by atoms with Crippen molar-refractivity contribution in [2.75, 3.05) is 5.32 Å². The summed E-state index contributed by atoms with van der Waals surface area (Å²) < 4.78 is 3.28. The Bertz CT molecular complexity index is 689. The van der Waals surface area contributed by atoms with Crippen LogP contribution in [0, 0.1) is 5.92 Å². The number of aromatic nitrogens is 4. The maximum atomic E-state index is 12.5. The van der Waals surface area contributed by atoms with Gasteiger partial charge in [0.05, 0.1) is 23.1 Å². The van der Waals surface area contributed by atoms with Crippen LogP contribution in [0.1, 0.15) is 26.2 Å². The lowest BCUT2D eigenvalue weighted by molar-refractivity contribution is 0.262. The Hall–Kier alpha value is -1.82. The van der Waals surface area contributed by atoms with Gasteiger partial charge in [-0.2, -0.15) is 10.2 Å². The SMILES string of the molecule is CCn1cc(Nc2c(Cl)cnn(CC3CCC3)c2=O)cn1. The van der Waals surface area contributed by atoms with Crippen molar-refractivity contribution in [3.8, 4) is 0 Å². The summed E-state index contributed by atoms with van der Waals surface area (Å²) in [6.07, 6.45) is 8.62. The predicted octanol–water partition coefficient (Wildman–Crippen LogP) is 2.66. The molecule has 0 bridgehead atoms. The smallest absolute Gasteiger partial charge is 0.291 e. The van der Waals surface area contributed by atoms with E-state index in [1.165, 1.54) is 30.1 Å². The topological polar surface area (TPSA) is 64.7 Å². The molecule has 0 unspecified atom stereocenters. The number of rotatable bonds is 5. The summed E-state index contributed by atoms with van der Waals surface area (Å²) >= 11 is 6.11. The van der Waals surface area contributed by atoms with Crippen molar-refractivity contribution in [2.24, 2.45) is 5.92 Å². The van der Waals surface area contributed by atoms with Gasteiger partial charge >= 0.3 is 0 Å². The van der Waals surface area contributed by atoms with Gasteiger partial charge in [-0.05, 0) is 25.7 Å². The number of anilines is 2. The largest absolute Gasteiger partial charge is 0.347 e. The highest BCUT2D eigenvalue weighted by molar-refractivity contribution is 6.33. The summed E-state index contributed by atoms with van der Waals surface area (Å²) in [5.74, 6) is 0.562. The first-order valence-electron chi connectivity index (χ1n) is 7.22. The van der Waals surface area contributed by atoms with Crippen LogP contribution in [-0.2, 0) is 13.1 Å². The van der Waals surface area contributed by atoms with Gasteiger partial charge in [-0.3, -0.25) is 9.48 Å². The van der Waals surface area contributed by atoms with E-state index in [0.717, 1.165) is 12.2 Å². The molecule has 1 N–H and O–H groups in total. The molecule has 1 aliphatic rings. The fraction of sp³-hybridized carbons (Fsp3) is 0.500. The molecule has 3 rings (SSSR count). The lowest BCUT2D eigenvalue weighted by Crippen LogP contribution is -2.30. The van der Waals surface area contributed by atoms with Gasteiger partial charge in [0.15, 0.2) is 0 Å². The van der Waals surface area contributed by atoms with Crippen molar-refractivity contribution >= 4 is 23.0 Å². The van der Waals surface area contributed by atoms with E-state index in [4.69, 9.17) is 11.6 Å². The predicted molar refractivity (Wildman–Crippen MR) is 82.0 cm³/mol. The summed E-state index contributed by atoms with van der Waals surface area (Å²) in [4.78, 5) is 12.5. The van der Waals surface area contributed by atoms with E-state index in [-0.39, 0.29) is 5.56 Å². The average molecular weight is 308 g/mol. The molecule has 0 spiro atoms. The van der Waals surface area contributed by atoms with Gasteiger partial charge in [-0.15, -0.1) is 0 Å². The van der Waals surface area contributed by atoms with Crippen LogP contribution >= 0.6 is 11.6 Å². The van der Waals surface area contributed by atoms with E-state index in [9.17, 15) is 4.79 Å². The maximum absolute atomic E-state index is 12.5. The third kappa shape index (κ3) is 2.95. The maximum Gasteiger partial charge on any atom is 0.291 e. The molecule has 0 aliphatic heterocycles. The molecule has 7 heteroatoms. The number of hydrogen-bond acceptors (Lipinski definition) is 4. The van der Waals surface area contributed by atoms with Crippen LogP contribution in [0.15, 0.2) is 23.4 Å². The van der Waals surface area contributed by atoms with Gasteiger partial charge < -0.3 is 5.32 Å². The quantitative estimate of drug-likeness (QED) is 0.922. The van der Waals surface area contributed by atoms with Crippen LogP contribution in [0.25, 0.3) is 0 Å². The van der Waals surface area contributed by atoms with Crippen molar-refractivity contribution in [3.05, 3.63) is 34.0 Å². The zero-order chi connectivity index (χ0) is 14.8. The van der Waals surface area contributed by atoms with E-state index < -0.39 is 0 Å². The molecule has 112 valence electrons. The lowest BCUT2D eigenvalue weighted by Gasteiger charge is -2.25. The van der Waals surface area contributed by atoms with Crippen molar-refractivity contribution < 1.29 is 0 Å². The molecular formula is C14H18ClN5O. The molecule has 21 heavy (non-hydrogen) atoms. The van der Waals surface area contributed by atoms with E-state index in [0.29, 0.717) is 23.2 Å². The monoisotopic (exact) mass is 307 g/mol. The van der Waals surface area contributed by atoms with E-state index >= 15 is 0 Å². The minimum absolute atomic E-state index is 0.182. The van der Waals surface area contributed by atoms with Gasteiger partial charge in [0, 0.05) is 19.3 Å². The minimum Gasteiger partial charge on any atom is -0.347 e. The Labute approximate surface area is 127 Å². The number of halogens is 1. The Morgan fingerprint density at radius 3 is 2.81 bits per heavy atom. The second kappa shape index (κ2) is 5.89. The first-order valence-corrected chi connectivity index (χ1v) is 7.60. The Morgan fingerprint density at radius 2 is 2.19 bits per heavy atom. The molecule has 0 saturated heterocycles.